The Bertz CT molecular complexity index is 1600. The molecule has 55 heavy (non-hydrogen) atoms. The summed E-state index contributed by atoms with van der Waals surface area (Å²) in [5.74, 6) is -2.30. The molecule has 1 saturated carbocycles. The Hall–Kier alpha value is -2.68. The minimum atomic E-state index is -1.85. The zero-order valence-corrected chi connectivity index (χ0v) is 33.2. The number of methoxy groups -OCH3 is 1. The predicted molar refractivity (Wildman–Crippen MR) is 203 cm³/mol. The number of nitrogens with zero attached hydrogens (tertiary/aromatic N) is 1. The summed E-state index contributed by atoms with van der Waals surface area (Å²) < 4.78 is 44.9. The van der Waals surface area contributed by atoms with Gasteiger partial charge in [-0.1, -0.05) is 74.7 Å². The number of aliphatic hydroxyl groups excluding tert-OH is 1. The molecule has 0 aromatic heterocycles. The van der Waals surface area contributed by atoms with Gasteiger partial charge < -0.3 is 48.6 Å². The van der Waals surface area contributed by atoms with Crippen molar-refractivity contribution in [2.24, 2.45) is 28.8 Å². The molecular weight excluding hydrogens is 706 g/mol. The molecule has 2 bridgehead atoms. The Balaban J connectivity index is 1.26. The highest BCUT2D eigenvalue weighted by molar-refractivity contribution is 6.06. The molecule has 14 atom stereocenters. The molecule has 3 saturated heterocycles. The van der Waals surface area contributed by atoms with Gasteiger partial charge in [-0.05, 0) is 68.7 Å². The smallest absolute Gasteiger partial charge is 0.316 e. The van der Waals surface area contributed by atoms with Gasteiger partial charge in [0.05, 0.1) is 37.1 Å². The number of hydrogen-bond donors (Lipinski definition) is 3. The van der Waals surface area contributed by atoms with Crippen molar-refractivity contribution >= 4 is 11.7 Å². The van der Waals surface area contributed by atoms with E-state index < -0.39 is 66.2 Å². The molecule has 0 unspecified atom stereocenters. The fourth-order valence-corrected chi connectivity index (χ4v) is 9.99. The Morgan fingerprint density at radius 1 is 1.00 bits per heavy atom. The third-order valence-electron chi connectivity index (χ3n) is 13.1. The van der Waals surface area contributed by atoms with E-state index in [0.29, 0.717) is 42.7 Å². The fraction of sp³-hybridized carbons (Fsp3) is 0.721. The van der Waals surface area contributed by atoms with Crippen molar-refractivity contribution in [3.05, 3.63) is 59.3 Å². The zero-order chi connectivity index (χ0) is 39.1. The molecule has 7 aliphatic rings. The molecule has 12 nitrogen and oxygen atoms in total. The maximum Gasteiger partial charge on any atom is 0.316 e. The van der Waals surface area contributed by atoms with E-state index in [-0.39, 0.29) is 36.4 Å². The molecule has 0 amide bonds. The van der Waals surface area contributed by atoms with Crippen molar-refractivity contribution in [2.75, 3.05) is 13.7 Å². The molecule has 7 rings (SSSR count). The molecule has 12 heteroatoms. The van der Waals surface area contributed by atoms with Crippen LogP contribution in [0.15, 0.2) is 64.4 Å². The minimum absolute atomic E-state index is 0.0156. The largest absolute Gasteiger partial charge is 0.462 e. The van der Waals surface area contributed by atoms with Gasteiger partial charge >= 0.3 is 5.97 Å². The van der Waals surface area contributed by atoms with Crippen LogP contribution >= 0.6 is 0 Å². The molecule has 2 aliphatic carbocycles. The number of fused-ring (bicyclic) bond motifs is 2. The van der Waals surface area contributed by atoms with Gasteiger partial charge in [-0.25, -0.2) is 0 Å². The molecular formula is C43H61NO11. The van der Waals surface area contributed by atoms with E-state index in [2.05, 4.69) is 31.2 Å². The Labute approximate surface area is 325 Å². The summed E-state index contributed by atoms with van der Waals surface area (Å²) in [6.45, 7) is 9.87. The summed E-state index contributed by atoms with van der Waals surface area (Å²) in [7, 11) is 1.58. The standard InChI is InChI=1S/C43H61NO11/c1-24-11-10-14-30-23-50-40-36(44-48)27(4)19-33(43(30,40)47)41(46)52-32-20-31(16-15-25(2)38(24)53-35-21-34(49-6)37(45)28(5)51-35)54-42(22-32)18-17-26(3)39(55-42)29-12-8-7-9-13-29/h10-11,14-15,17-19,24,26,28-29,31-35,37-40,45,47-48H,7-9,12-13,16,20-23H2,1-6H3/b11-10+,25-15+,30-14+,44-36-/t24-,26-,28-,31+,32-,33-,34-,35-,37-,38-,39-,40+,42+,43+/m0/s1. The van der Waals surface area contributed by atoms with Gasteiger partial charge in [0.25, 0.3) is 0 Å². The van der Waals surface area contributed by atoms with Crippen LogP contribution < -0.4 is 0 Å². The van der Waals surface area contributed by atoms with Gasteiger partial charge in [0, 0.05) is 38.2 Å². The van der Waals surface area contributed by atoms with Gasteiger partial charge in [-0.2, -0.15) is 0 Å². The van der Waals surface area contributed by atoms with Crippen molar-refractivity contribution in [1.82, 2.24) is 0 Å². The van der Waals surface area contributed by atoms with Gasteiger partial charge in [-0.15, -0.1) is 0 Å². The Morgan fingerprint density at radius 2 is 1.78 bits per heavy atom. The summed E-state index contributed by atoms with van der Waals surface area (Å²) >= 11 is 0. The van der Waals surface area contributed by atoms with Crippen LogP contribution in [0, 0.1) is 23.7 Å². The van der Waals surface area contributed by atoms with E-state index >= 15 is 0 Å². The number of carbonyl (C=O) groups is 1. The minimum Gasteiger partial charge on any atom is -0.462 e. The molecule has 0 radical (unpaired) electrons. The van der Waals surface area contributed by atoms with Gasteiger partial charge in [0.1, 0.15) is 35.5 Å². The molecule has 4 fully saturated rings. The average Bonchev–Trinajstić information content (AvgIpc) is 3.50. The molecule has 0 aromatic carbocycles. The van der Waals surface area contributed by atoms with Crippen molar-refractivity contribution in [2.45, 2.75) is 159 Å². The summed E-state index contributed by atoms with van der Waals surface area (Å²) in [6, 6.07) is 0. The van der Waals surface area contributed by atoms with Gasteiger partial charge in [-0.3, -0.25) is 4.79 Å². The van der Waals surface area contributed by atoms with Crippen molar-refractivity contribution in [3.8, 4) is 0 Å². The second-order valence-electron chi connectivity index (χ2n) is 17.0. The first-order valence-electron chi connectivity index (χ1n) is 20.4. The van der Waals surface area contributed by atoms with Crippen LogP contribution in [0.25, 0.3) is 0 Å². The van der Waals surface area contributed by atoms with Crippen molar-refractivity contribution in [1.29, 1.82) is 0 Å². The molecule has 0 aromatic rings. The van der Waals surface area contributed by atoms with Crippen LogP contribution in [0.4, 0.5) is 0 Å². The van der Waals surface area contributed by atoms with Crippen LogP contribution in [0.5, 0.6) is 0 Å². The maximum absolute atomic E-state index is 14.4. The first-order valence-corrected chi connectivity index (χ1v) is 20.4. The molecule has 5 aliphatic heterocycles. The highest BCUT2D eigenvalue weighted by Gasteiger charge is 2.60. The summed E-state index contributed by atoms with van der Waals surface area (Å²) in [6.07, 6.45) is 16.4. The highest BCUT2D eigenvalue weighted by atomic mass is 16.7. The van der Waals surface area contributed by atoms with E-state index in [1.807, 2.05) is 32.1 Å². The van der Waals surface area contributed by atoms with Crippen LogP contribution in [0.2, 0.25) is 0 Å². The topological polar surface area (TPSA) is 155 Å². The number of aliphatic hydroxyl groups is 2. The third kappa shape index (κ3) is 8.08. The third-order valence-corrected chi connectivity index (χ3v) is 13.1. The molecule has 1 spiro atoms. The van der Waals surface area contributed by atoms with E-state index in [1.165, 1.54) is 19.3 Å². The lowest BCUT2D eigenvalue weighted by Gasteiger charge is -2.49. The second-order valence-corrected chi connectivity index (χ2v) is 17.0. The second kappa shape index (κ2) is 16.7. The fourth-order valence-electron chi connectivity index (χ4n) is 9.99. The van der Waals surface area contributed by atoms with E-state index in [9.17, 15) is 20.2 Å². The number of oxime groups is 1. The zero-order valence-electron chi connectivity index (χ0n) is 33.2. The van der Waals surface area contributed by atoms with Crippen molar-refractivity contribution < 1.29 is 53.4 Å². The Morgan fingerprint density at radius 3 is 2.53 bits per heavy atom. The quantitative estimate of drug-likeness (QED) is 0.137. The first-order chi connectivity index (χ1) is 26.4. The SMILES string of the molecule is CO[C@H]1C[C@H](O[C@@H]2/C(C)=C/C[C@@H]3C[C@@H](C[C@]4(C=C[C@H](C)[C@@H](C5CCCCC5)O4)O3)OC(=O)[C@@H]3C=C(C)/C(=N/O)[C@H]4OC/C(=C\C=C\[C@@H]2C)[C@]43O)O[C@@H](C)[C@@H]1O. The van der Waals surface area contributed by atoms with Crippen molar-refractivity contribution in [3.63, 3.8) is 0 Å². The lowest BCUT2D eigenvalue weighted by atomic mass is 9.71. The van der Waals surface area contributed by atoms with Crippen LogP contribution in [0.1, 0.15) is 92.4 Å². The lowest BCUT2D eigenvalue weighted by molar-refractivity contribution is -0.301. The van der Waals surface area contributed by atoms with E-state index in [0.717, 1.165) is 18.4 Å². The molecule has 5 heterocycles. The summed E-state index contributed by atoms with van der Waals surface area (Å²) in [5.41, 5.74) is 0.299. The number of esters is 1. The number of hydrogen-bond acceptors (Lipinski definition) is 12. The first kappa shape index (κ1) is 40.5. The maximum atomic E-state index is 14.4. The van der Waals surface area contributed by atoms with Gasteiger partial charge in [0.15, 0.2) is 12.1 Å². The number of allylic oxidation sites excluding steroid dienone is 2. The summed E-state index contributed by atoms with van der Waals surface area (Å²) in [4.78, 5) is 14.4. The number of rotatable bonds is 4. The molecule has 304 valence electrons. The highest BCUT2D eigenvalue weighted by Crippen LogP contribution is 2.47. The van der Waals surface area contributed by atoms with Gasteiger partial charge in [0.2, 0.25) is 0 Å². The monoisotopic (exact) mass is 767 g/mol. The normalized spacial score (nSPS) is 47.6. The van der Waals surface area contributed by atoms with Crippen LogP contribution in [-0.4, -0.2) is 107 Å². The number of ether oxygens (including phenoxy) is 7. The Kier molecular flexibility index (Phi) is 12.3. The average molecular weight is 768 g/mol. The van der Waals surface area contributed by atoms with E-state index in [1.54, 1.807) is 26.2 Å². The summed E-state index contributed by atoms with van der Waals surface area (Å²) in [5, 5.41) is 36.6. The predicted octanol–water partition coefficient (Wildman–Crippen LogP) is 5.85. The molecule has 3 N–H and O–H groups in total. The van der Waals surface area contributed by atoms with Crippen LogP contribution in [-0.2, 0) is 38.0 Å². The van der Waals surface area contributed by atoms with E-state index in [4.69, 9.17) is 33.2 Å². The number of carbonyl (C=O) groups excluding carboxylic acids is 1. The van der Waals surface area contributed by atoms with Crippen LogP contribution in [0.3, 0.4) is 0 Å². The lowest BCUT2D eigenvalue weighted by Crippen LogP contribution is -2.57.